The van der Waals surface area contributed by atoms with Gasteiger partial charge in [0.2, 0.25) is 11.8 Å². The molecule has 0 bridgehead atoms. The molecule has 1 N–H and O–H groups in total. The lowest BCUT2D eigenvalue weighted by molar-refractivity contribution is -0.140. The fourth-order valence-electron chi connectivity index (χ4n) is 3.59. The van der Waals surface area contributed by atoms with Gasteiger partial charge in [-0.05, 0) is 42.3 Å². The first-order valence-corrected chi connectivity index (χ1v) is 12.3. The zero-order valence-electron chi connectivity index (χ0n) is 19.0. The first kappa shape index (κ1) is 24.9. The van der Waals surface area contributed by atoms with Crippen molar-refractivity contribution in [2.45, 2.75) is 37.2 Å². The summed E-state index contributed by atoms with van der Waals surface area (Å²) in [5.74, 6) is 0.402. The number of carbonyl (C=O) groups excluding carboxylic acids is 2. The molecular formula is C27H29ClN2O2S. The van der Waals surface area contributed by atoms with E-state index in [0.717, 1.165) is 16.0 Å². The lowest BCUT2D eigenvalue weighted by Crippen LogP contribution is -2.49. The van der Waals surface area contributed by atoms with Crippen LogP contribution in [0.4, 0.5) is 0 Å². The van der Waals surface area contributed by atoms with Gasteiger partial charge in [-0.1, -0.05) is 71.8 Å². The molecule has 172 valence electrons. The smallest absolute Gasteiger partial charge is 0.242 e. The van der Waals surface area contributed by atoms with E-state index in [2.05, 4.69) is 36.5 Å². The van der Waals surface area contributed by atoms with E-state index in [1.54, 1.807) is 29.8 Å². The van der Waals surface area contributed by atoms with Crippen molar-refractivity contribution < 1.29 is 9.59 Å². The highest BCUT2D eigenvalue weighted by atomic mass is 35.5. The summed E-state index contributed by atoms with van der Waals surface area (Å²) in [6, 6.07) is 24.9. The third kappa shape index (κ3) is 7.65. The van der Waals surface area contributed by atoms with E-state index in [-0.39, 0.29) is 11.8 Å². The Kier molecular flexibility index (Phi) is 9.40. The molecule has 0 aliphatic rings. The SMILES string of the molecule is CNC(=O)[C@H](Cc1ccccc1)N(Cc1cccc(Cl)c1)C(=O)CCSc1ccc(C)cc1. The summed E-state index contributed by atoms with van der Waals surface area (Å²) >= 11 is 7.83. The quantitative estimate of drug-likeness (QED) is 0.389. The standard InChI is InChI=1S/C27H29ClN2O2S/c1-20-11-13-24(14-12-20)33-16-15-26(31)30(19-22-9-6-10-23(28)17-22)25(27(32)29-2)18-21-7-4-3-5-8-21/h3-14,17,25H,15-16,18-19H2,1-2H3,(H,29,32)/t25-/m0/s1. The Morgan fingerprint density at radius 1 is 0.970 bits per heavy atom. The lowest BCUT2D eigenvalue weighted by Gasteiger charge is -2.31. The molecule has 0 aromatic heterocycles. The van der Waals surface area contributed by atoms with Gasteiger partial charge in [-0.3, -0.25) is 9.59 Å². The third-order valence-electron chi connectivity index (χ3n) is 5.37. The van der Waals surface area contributed by atoms with Gasteiger partial charge < -0.3 is 10.2 Å². The summed E-state index contributed by atoms with van der Waals surface area (Å²) in [7, 11) is 1.61. The average Bonchev–Trinajstić information content (AvgIpc) is 2.82. The van der Waals surface area contributed by atoms with Crippen LogP contribution in [-0.4, -0.2) is 35.6 Å². The predicted molar refractivity (Wildman–Crippen MR) is 137 cm³/mol. The second kappa shape index (κ2) is 12.5. The Morgan fingerprint density at radius 2 is 1.67 bits per heavy atom. The normalized spacial score (nSPS) is 11.6. The topological polar surface area (TPSA) is 49.4 Å². The Labute approximate surface area is 205 Å². The van der Waals surface area contributed by atoms with Crippen LogP contribution in [0.5, 0.6) is 0 Å². The third-order valence-corrected chi connectivity index (χ3v) is 6.61. The van der Waals surface area contributed by atoms with Crippen LogP contribution in [0.3, 0.4) is 0 Å². The highest BCUT2D eigenvalue weighted by Gasteiger charge is 2.29. The van der Waals surface area contributed by atoms with Crippen LogP contribution in [-0.2, 0) is 22.6 Å². The molecular weight excluding hydrogens is 452 g/mol. The minimum atomic E-state index is -0.617. The van der Waals surface area contributed by atoms with Gasteiger partial charge in [0.15, 0.2) is 0 Å². The molecule has 0 aliphatic heterocycles. The molecule has 0 saturated carbocycles. The second-order valence-electron chi connectivity index (χ2n) is 7.88. The van der Waals surface area contributed by atoms with Gasteiger partial charge in [0, 0.05) is 42.1 Å². The van der Waals surface area contributed by atoms with E-state index in [9.17, 15) is 9.59 Å². The monoisotopic (exact) mass is 480 g/mol. The van der Waals surface area contributed by atoms with Crippen LogP contribution in [0.2, 0.25) is 5.02 Å². The molecule has 0 unspecified atom stereocenters. The number of halogens is 1. The van der Waals surface area contributed by atoms with Gasteiger partial charge in [0.25, 0.3) is 0 Å². The summed E-state index contributed by atoms with van der Waals surface area (Å²) in [4.78, 5) is 29.2. The highest BCUT2D eigenvalue weighted by molar-refractivity contribution is 7.99. The summed E-state index contributed by atoms with van der Waals surface area (Å²) in [6.07, 6.45) is 0.777. The molecule has 0 saturated heterocycles. The molecule has 33 heavy (non-hydrogen) atoms. The maximum Gasteiger partial charge on any atom is 0.242 e. The van der Waals surface area contributed by atoms with Crippen molar-refractivity contribution in [2.75, 3.05) is 12.8 Å². The molecule has 0 spiro atoms. The maximum absolute atomic E-state index is 13.4. The van der Waals surface area contributed by atoms with Crippen molar-refractivity contribution in [3.05, 3.63) is 101 Å². The number of likely N-dealkylation sites (N-methyl/N-ethyl adjacent to an activating group) is 1. The predicted octanol–water partition coefficient (Wildman–Crippen LogP) is 5.52. The van der Waals surface area contributed by atoms with E-state index in [0.29, 0.717) is 30.2 Å². The molecule has 3 aromatic carbocycles. The molecule has 3 aromatic rings. The number of benzene rings is 3. The zero-order valence-corrected chi connectivity index (χ0v) is 20.5. The van der Waals surface area contributed by atoms with E-state index >= 15 is 0 Å². The summed E-state index contributed by atoms with van der Waals surface area (Å²) in [6.45, 7) is 2.37. The van der Waals surface area contributed by atoms with Gasteiger partial charge in [-0.2, -0.15) is 0 Å². The van der Waals surface area contributed by atoms with Gasteiger partial charge in [-0.25, -0.2) is 0 Å². The average molecular weight is 481 g/mol. The molecule has 2 amide bonds. The summed E-state index contributed by atoms with van der Waals surface area (Å²) < 4.78 is 0. The number of nitrogens with zero attached hydrogens (tertiary/aromatic N) is 1. The molecule has 1 atom stereocenters. The van der Waals surface area contributed by atoms with Crippen molar-refractivity contribution in [3.63, 3.8) is 0 Å². The van der Waals surface area contributed by atoms with E-state index in [4.69, 9.17) is 11.6 Å². The molecule has 0 radical (unpaired) electrons. The Hall–Kier alpha value is -2.76. The van der Waals surface area contributed by atoms with Crippen molar-refractivity contribution in [3.8, 4) is 0 Å². The lowest BCUT2D eigenvalue weighted by atomic mass is 10.0. The van der Waals surface area contributed by atoms with Gasteiger partial charge >= 0.3 is 0 Å². The number of thioether (sulfide) groups is 1. The van der Waals surface area contributed by atoms with Crippen LogP contribution < -0.4 is 5.32 Å². The molecule has 0 aliphatic carbocycles. The molecule has 0 heterocycles. The Balaban J connectivity index is 1.80. The van der Waals surface area contributed by atoms with Crippen molar-refractivity contribution in [1.29, 1.82) is 0 Å². The number of nitrogens with one attached hydrogen (secondary N) is 1. The number of rotatable bonds is 10. The number of aryl methyl sites for hydroxylation is 1. The fraction of sp³-hybridized carbons (Fsp3) is 0.259. The van der Waals surface area contributed by atoms with Gasteiger partial charge in [0.05, 0.1) is 0 Å². The van der Waals surface area contributed by atoms with Crippen molar-refractivity contribution in [2.24, 2.45) is 0 Å². The Morgan fingerprint density at radius 3 is 2.33 bits per heavy atom. The van der Waals surface area contributed by atoms with E-state index < -0.39 is 6.04 Å². The van der Waals surface area contributed by atoms with Crippen LogP contribution in [0, 0.1) is 6.92 Å². The summed E-state index contributed by atoms with van der Waals surface area (Å²) in [5.41, 5.74) is 3.10. The maximum atomic E-state index is 13.4. The van der Waals surface area contributed by atoms with Crippen LogP contribution >= 0.6 is 23.4 Å². The van der Waals surface area contributed by atoms with E-state index in [1.807, 2.05) is 48.5 Å². The fourth-order valence-corrected chi connectivity index (χ4v) is 4.64. The first-order chi connectivity index (χ1) is 16.0. The number of hydrogen-bond acceptors (Lipinski definition) is 3. The van der Waals surface area contributed by atoms with Gasteiger partial charge in [-0.15, -0.1) is 11.8 Å². The van der Waals surface area contributed by atoms with Gasteiger partial charge in [0.1, 0.15) is 6.04 Å². The minimum absolute atomic E-state index is 0.0564. The molecule has 0 fully saturated rings. The molecule has 3 rings (SSSR count). The second-order valence-corrected chi connectivity index (χ2v) is 9.49. The minimum Gasteiger partial charge on any atom is -0.357 e. The number of carbonyl (C=O) groups is 2. The van der Waals surface area contributed by atoms with Crippen molar-refractivity contribution >= 4 is 35.2 Å². The summed E-state index contributed by atoms with van der Waals surface area (Å²) in [5, 5.41) is 3.35. The van der Waals surface area contributed by atoms with Crippen molar-refractivity contribution in [1.82, 2.24) is 10.2 Å². The largest absolute Gasteiger partial charge is 0.357 e. The Bertz CT molecular complexity index is 1060. The highest BCUT2D eigenvalue weighted by Crippen LogP contribution is 2.22. The molecule has 4 nitrogen and oxygen atoms in total. The first-order valence-electron chi connectivity index (χ1n) is 10.9. The van der Waals surface area contributed by atoms with Crippen LogP contribution in [0.15, 0.2) is 83.8 Å². The number of amides is 2. The molecule has 6 heteroatoms. The zero-order chi connectivity index (χ0) is 23.6. The van der Waals surface area contributed by atoms with Crippen LogP contribution in [0.1, 0.15) is 23.1 Å². The van der Waals surface area contributed by atoms with E-state index in [1.165, 1.54) is 5.56 Å². The number of hydrogen-bond donors (Lipinski definition) is 1. The van der Waals surface area contributed by atoms with Crippen LogP contribution in [0.25, 0.3) is 0 Å².